The van der Waals surface area contributed by atoms with E-state index in [4.69, 9.17) is 9.47 Å². The molecule has 0 aromatic heterocycles. The van der Waals surface area contributed by atoms with E-state index in [1.165, 1.54) is 24.2 Å². The molecule has 1 aromatic rings. The summed E-state index contributed by atoms with van der Waals surface area (Å²) < 4.78 is 10.5. The maximum Gasteiger partial charge on any atom is 0.293 e. The Hall–Kier alpha value is -1.95. The molecule has 3 rings (SSSR count). The summed E-state index contributed by atoms with van der Waals surface area (Å²) in [5.41, 5.74) is 0.806. The molecule has 0 radical (unpaired) electrons. The van der Waals surface area contributed by atoms with Crippen molar-refractivity contribution in [2.75, 3.05) is 20.8 Å². The first-order valence-corrected chi connectivity index (χ1v) is 9.41. The lowest BCUT2D eigenvalue weighted by molar-refractivity contribution is -0.123. The molecule has 134 valence electrons. The molecule has 2 aliphatic rings. The summed E-state index contributed by atoms with van der Waals surface area (Å²) in [6.07, 6.45) is 7.61. The van der Waals surface area contributed by atoms with E-state index in [1.807, 2.05) is 6.07 Å². The summed E-state index contributed by atoms with van der Waals surface area (Å²) in [6.45, 7) is 0.550. The van der Waals surface area contributed by atoms with Gasteiger partial charge in [0.2, 0.25) is 0 Å². The van der Waals surface area contributed by atoms with E-state index in [0.717, 1.165) is 30.2 Å². The smallest absolute Gasteiger partial charge is 0.293 e. The molecule has 6 heteroatoms. The van der Waals surface area contributed by atoms with Gasteiger partial charge in [-0.25, -0.2) is 0 Å². The first-order chi connectivity index (χ1) is 12.1. The monoisotopic (exact) mass is 361 g/mol. The Morgan fingerprint density at radius 1 is 1.12 bits per heavy atom. The second-order valence-corrected chi connectivity index (χ2v) is 7.40. The fourth-order valence-corrected chi connectivity index (χ4v) is 4.23. The number of rotatable bonds is 5. The third-order valence-electron chi connectivity index (χ3n) is 4.74. The zero-order chi connectivity index (χ0) is 17.8. The molecule has 1 aromatic carbocycles. The number of hydrogen-bond donors (Lipinski definition) is 0. The predicted octanol–water partition coefficient (Wildman–Crippen LogP) is 4.32. The summed E-state index contributed by atoms with van der Waals surface area (Å²) in [6, 6.07) is 5.43. The van der Waals surface area contributed by atoms with Crippen LogP contribution in [0.25, 0.3) is 6.08 Å². The van der Waals surface area contributed by atoms with Crippen molar-refractivity contribution in [1.82, 2.24) is 4.90 Å². The van der Waals surface area contributed by atoms with Crippen molar-refractivity contribution < 1.29 is 19.1 Å². The molecule has 0 unspecified atom stereocenters. The molecule has 1 aliphatic heterocycles. The van der Waals surface area contributed by atoms with Gasteiger partial charge in [0.25, 0.3) is 11.1 Å². The first kappa shape index (κ1) is 17.9. The standard InChI is InChI=1S/C19H23NO4S/c1-23-15-9-8-14(10-16(15)24-2)11-17-18(21)20(19(22)25-17)12-13-6-4-3-5-7-13/h8-11,13H,3-7,12H2,1-2H3/b17-11+. The molecule has 2 amide bonds. The van der Waals surface area contributed by atoms with Crippen LogP contribution < -0.4 is 9.47 Å². The van der Waals surface area contributed by atoms with Gasteiger partial charge in [0.05, 0.1) is 19.1 Å². The number of nitrogens with zero attached hydrogens (tertiary/aromatic N) is 1. The van der Waals surface area contributed by atoms with E-state index in [0.29, 0.717) is 28.9 Å². The van der Waals surface area contributed by atoms with Gasteiger partial charge in [-0.15, -0.1) is 0 Å². The number of methoxy groups -OCH3 is 2. The molecular formula is C19H23NO4S. The van der Waals surface area contributed by atoms with Gasteiger partial charge in [0.15, 0.2) is 11.5 Å². The molecule has 5 nitrogen and oxygen atoms in total. The Balaban J connectivity index is 1.75. The normalized spacial score (nSPS) is 20.4. The Labute approximate surface area is 152 Å². The zero-order valence-electron chi connectivity index (χ0n) is 14.6. The molecule has 0 spiro atoms. The lowest BCUT2D eigenvalue weighted by Gasteiger charge is -2.25. The van der Waals surface area contributed by atoms with Crippen LogP contribution in [-0.2, 0) is 4.79 Å². The molecule has 0 bridgehead atoms. The SMILES string of the molecule is COc1ccc(/C=C2/SC(=O)N(CC3CCCCC3)C2=O)cc1OC. The van der Waals surface area contributed by atoms with Gasteiger partial charge < -0.3 is 9.47 Å². The summed E-state index contributed by atoms with van der Waals surface area (Å²) in [5, 5.41) is -0.165. The summed E-state index contributed by atoms with van der Waals surface area (Å²) in [4.78, 5) is 26.8. The highest BCUT2D eigenvalue weighted by molar-refractivity contribution is 8.18. The quantitative estimate of drug-likeness (QED) is 0.731. The maximum absolute atomic E-state index is 12.6. The fourth-order valence-electron chi connectivity index (χ4n) is 3.38. The number of benzene rings is 1. The van der Waals surface area contributed by atoms with Gasteiger partial charge >= 0.3 is 0 Å². The largest absolute Gasteiger partial charge is 0.493 e. The zero-order valence-corrected chi connectivity index (χ0v) is 15.4. The van der Waals surface area contributed by atoms with Gasteiger partial charge in [-0.2, -0.15) is 0 Å². The van der Waals surface area contributed by atoms with Crippen LogP contribution in [0.1, 0.15) is 37.7 Å². The number of carbonyl (C=O) groups excluding carboxylic acids is 2. The van der Waals surface area contributed by atoms with Crippen LogP contribution in [-0.4, -0.2) is 36.8 Å². The van der Waals surface area contributed by atoms with Crippen molar-refractivity contribution >= 4 is 29.0 Å². The van der Waals surface area contributed by atoms with Crippen LogP contribution >= 0.6 is 11.8 Å². The van der Waals surface area contributed by atoms with Gasteiger partial charge in [-0.1, -0.05) is 25.3 Å². The van der Waals surface area contributed by atoms with Crippen molar-refractivity contribution in [3.8, 4) is 11.5 Å². The summed E-state index contributed by atoms with van der Waals surface area (Å²) in [5.74, 6) is 1.49. The van der Waals surface area contributed by atoms with Gasteiger partial charge in [-0.3, -0.25) is 14.5 Å². The average molecular weight is 361 g/mol. The minimum atomic E-state index is -0.185. The van der Waals surface area contributed by atoms with Gasteiger partial charge in [-0.05, 0) is 54.3 Å². The average Bonchev–Trinajstić information content (AvgIpc) is 2.90. The third kappa shape index (κ3) is 4.00. The van der Waals surface area contributed by atoms with Gasteiger partial charge in [0, 0.05) is 6.54 Å². The van der Waals surface area contributed by atoms with Crippen LogP contribution in [0, 0.1) is 5.92 Å². The Bertz CT molecular complexity index is 695. The van der Waals surface area contributed by atoms with Crippen LogP contribution in [0.5, 0.6) is 11.5 Å². The van der Waals surface area contributed by atoms with Crippen LogP contribution in [0.4, 0.5) is 4.79 Å². The second kappa shape index (κ2) is 7.95. The molecule has 1 aliphatic carbocycles. The first-order valence-electron chi connectivity index (χ1n) is 8.59. The molecule has 1 heterocycles. The number of amides is 2. The number of carbonyl (C=O) groups is 2. The highest BCUT2D eigenvalue weighted by atomic mass is 32.2. The van der Waals surface area contributed by atoms with E-state index in [-0.39, 0.29) is 11.1 Å². The van der Waals surface area contributed by atoms with E-state index in [1.54, 1.807) is 32.4 Å². The molecule has 1 saturated carbocycles. The Kier molecular flexibility index (Phi) is 5.68. The number of imide groups is 1. The molecule has 0 N–H and O–H groups in total. The predicted molar refractivity (Wildman–Crippen MR) is 98.8 cm³/mol. The number of hydrogen-bond acceptors (Lipinski definition) is 5. The Morgan fingerprint density at radius 2 is 1.84 bits per heavy atom. The van der Waals surface area contributed by atoms with E-state index in [2.05, 4.69) is 0 Å². The minimum Gasteiger partial charge on any atom is -0.493 e. The van der Waals surface area contributed by atoms with Gasteiger partial charge in [0.1, 0.15) is 0 Å². The van der Waals surface area contributed by atoms with Crippen molar-refractivity contribution in [2.24, 2.45) is 5.92 Å². The van der Waals surface area contributed by atoms with E-state index in [9.17, 15) is 9.59 Å². The molecule has 2 fully saturated rings. The van der Waals surface area contributed by atoms with E-state index >= 15 is 0 Å². The van der Waals surface area contributed by atoms with Crippen LogP contribution in [0.3, 0.4) is 0 Å². The molecule has 0 atom stereocenters. The summed E-state index contributed by atoms with van der Waals surface area (Å²) in [7, 11) is 3.15. The molecule has 25 heavy (non-hydrogen) atoms. The van der Waals surface area contributed by atoms with Crippen LogP contribution in [0.2, 0.25) is 0 Å². The lowest BCUT2D eigenvalue weighted by atomic mass is 9.89. The van der Waals surface area contributed by atoms with E-state index < -0.39 is 0 Å². The topological polar surface area (TPSA) is 55.8 Å². The van der Waals surface area contributed by atoms with Crippen LogP contribution in [0.15, 0.2) is 23.1 Å². The lowest BCUT2D eigenvalue weighted by Crippen LogP contribution is -2.34. The highest BCUT2D eigenvalue weighted by Gasteiger charge is 2.36. The third-order valence-corrected chi connectivity index (χ3v) is 5.65. The number of thioether (sulfide) groups is 1. The number of ether oxygens (including phenoxy) is 2. The highest BCUT2D eigenvalue weighted by Crippen LogP contribution is 2.36. The second-order valence-electron chi connectivity index (χ2n) is 6.41. The van der Waals surface area contributed by atoms with Crippen molar-refractivity contribution in [3.05, 3.63) is 28.7 Å². The minimum absolute atomic E-state index is 0.165. The fraction of sp³-hybridized carbons (Fsp3) is 0.474. The van der Waals surface area contributed by atoms with Crippen molar-refractivity contribution in [3.63, 3.8) is 0 Å². The maximum atomic E-state index is 12.6. The summed E-state index contributed by atoms with van der Waals surface area (Å²) >= 11 is 1.02. The van der Waals surface area contributed by atoms with Crippen molar-refractivity contribution in [2.45, 2.75) is 32.1 Å². The Morgan fingerprint density at radius 3 is 2.52 bits per heavy atom. The molecular weight excluding hydrogens is 338 g/mol. The van der Waals surface area contributed by atoms with Crippen molar-refractivity contribution in [1.29, 1.82) is 0 Å². The molecule has 1 saturated heterocycles.